The highest BCUT2D eigenvalue weighted by Crippen LogP contribution is 2.29. The molecule has 3 rings (SSSR count). The summed E-state index contributed by atoms with van der Waals surface area (Å²) >= 11 is 9.42. The van der Waals surface area contributed by atoms with Crippen molar-refractivity contribution >= 4 is 49.1 Å². The molecule has 1 N–H and O–H groups in total. The molecule has 0 fully saturated rings. The third-order valence-electron chi connectivity index (χ3n) is 4.60. The number of nitrogens with zero attached hydrogens (tertiary/aromatic N) is 1. The fraction of sp³-hybridized carbons (Fsp3) is 0.174. The Kier molecular flexibility index (Phi) is 8.34. The summed E-state index contributed by atoms with van der Waals surface area (Å²) in [6.07, 6.45) is 1.12. The summed E-state index contributed by atoms with van der Waals surface area (Å²) < 4.78 is 44.9. The zero-order valence-corrected chi connectivity index (χ0v) is 20.8. The van der Waals surface area contributed by atoms with Gasteiger partial charge in [-0.3, -0.25) is 9.10 Å². The van der Waals surface area contributed by atoms with Crippen LogP contribution in [0.2, 0.25) is 5.02 Å². The fourth-order valence-electron chi connectivity index (χ4n) is 2.93. The number of sulfonamides is 1. The molecule has 0 aliphatic carbocycles. The minimum atomic E-state index is -3.57. The predicted octanol–water partition coefficient (Wildman–Crippen LogP) is 5.02. The summed E-state index contributed by atoms with van der Waals surface area (Å²) in [7, 11) is -3.57. The molecule has 1 amide bonds. The summed E-state index contributed by atoms with van der Waals surface area (Å²) in [5.41, 5.74) is 1.57. The van der Waals surface area contributed by atoms with Gasteiger partial charge >= 0.3 is 0 Å². The average molecular weight is 556 g/mol. The molecule has 0 atom stereocenters. The molecule has 0 saturated carbocycles. The van der Waals surface area contributed by atoms with Gasteiger partial charge < -0.3 is 10.1 Å². The van der Waals surface area contributed by atoms with Crippen LogP contribution in [0, 0.1) is 5.82 Å². The van der Waals surface area contributed by atoms with Gasteiger partial charge in [0.15, 0.2) is 0 Å². The van der Waals surface area contributed by atoms with Crippen LogP contribution in [0.3, 0.4) is 0 Å². The number of carbonyl (C=O) groups excluding carboxylic acids is 1. The summed E-state index contributed by atoms with van der Waals surface area (Å²) in [5.74, 6) is -0.124. The van der Waals surface area contributed by atoms with Gasteiger partial charge in [0.1, 0.15) is 18.2 Å². The first-order valence-electron chi connectivity index (χ1n) is 9.82. The number of ether oxygens (including phenoxy) is 1. The summed E-state index contributed by atoms with van der Waals surface area (Å²) in [4.78, 5) is 12.3. The standard InChI is InChI=1S/C23H21BrClFN2O4S/c1-33(30,31)28(19-8-11-21(24)22(25)14-19)15-16-2-4-17(5-3-16)23(29)27-12-13-32-20-9-6-18(26)7-10-20/h2-11,14H,12-13,15H2,1H3,(H,27,29). The van der Waals surface area contributed by atoms with Gasteiger partial charge in [-0.15, -0.1) is 0 Å². The van der Waals surface area contributed by atoms with Gasteiger partial charge in [0.05, 0.1) is 30.1 Å². The van der Waals surface area contributed by atoms with Crippen LogP contribution in [-0.2, 0) is 16.6 Å². The molecule has 0 bridgehead atoms. The number of halogens is 3. The van der Waals surface area contributed by atoms with Gasteiger partial charge in [-0.05, 0) is 76.1 Å². The molecule has 0 unspecified atom stereocenters. The molecule has 174 valence electrons. The van der Waals surface area contributed by atoms with Crippen LogP contribution in [0.1, 0.15) is 15.9 Å². The maximum Gasteiger partial charge on any atom is 0.251 e. The molecule has 10 heteroatoms. The summed E-state index contributed by atoms with van der Waals surface area (Å²) in [6.45, 7) is 0.586. The number of carbonyl (C=O) groups is 1. The quantitative estimate of drug-likeness (QED) is 0.377. The van der Waals surface area contributed by atoms with Crippen molar-refractivity contribution in [2.24, 2.45) is 0 Å². The van der Waals surface area contributed by atoms with Crippen molar-refractivity contribution in [3.8, 4) is 5.75 Å². The lowest BCUT2D eigenvalue weighted by molar-refractivity contribution is 0.0947. The maximum absolute atomic E-state index is 12.9. The second-order valence-corrected chi connectivity index (χ2v) is 10.3. The van der Waals surface area contributed by atoms with Crippen LogP contribution in [0.5, 0.6) is 5.75 Å². The van der Waals surface area contributed by atoms with Crippen molar-refractivity contribution in [2.75, 3.05) is 23.7 Å². The second-order valence-electron chi connectivity index (χ2n) is 7.12. The number of rotatable bonds is 9. The zero-order valence-electron chi connectivity index (χ0n) is 17.6. The molecule has 0 saturated heterocycles. The average Bonchev–Trinajstić information content (AvgIpc) is 2.78. The highest BCUT2D eigenvalue weighted by Gasteiger charge is 2.19. The van der Waals surface area contributed by atoms with E-state index in [4.69, 9.17) is 16.3 Å². The second kappa shape index (κ2) is 11.0. The van der Waals surface area contributed by atoms with Gasteiger partial charge in [-0.25, -0.2) is 12.8 Å². The molecule has 6 nitrogen and oxygen atoms in total. The lowest BCUT2D eigenvalue weighted by atomic mass is 10.1. The van der Waals surface area contributed by atoms with Crippen LogP contribution in [0.4, 0.5) is 10.1 Å². The third-order valence-corrected chi connectivity index (χ3v) is 6.98. The third kappa shape index (κ3) is 7.18. The smallest absolute Gasteiger partial charge is 0.251 e. The molecule has 0 aliphatic rings. The molecule has 3 aromatic carbocycles. The molecule has 0 radical (unpaired) electrons. The number of anilines is 1. The van der Waals surface area contributed by atoms with E-state index < -0.39 is 10.0 Å². The van der Waals surface area contributed by atoms with Gasteiger partial charge in [0.2, 0.25) is 10.0 Å². The van der Waals surface area contributed by atoms with Crippen molar-refractivity contribution in [1.82, 2.24) is 5.32 Å². The Labute approximate surface area is 205 Å². The van der Waals surface area contributed by atoms with Crippen molar-refractivity contribution in [3.63, 3.8) is 0 Å². The monoisotopic (exact) mass is 554 g/mol. The van der Waals surface area contributed by atoms with Crippen LogP contribution in [0.25, 0.3) is 0 Å². The predicted molar refractivity (Wildman–Crippen MR) is 131 cm³/mol. The number of hydrogen-bond acceptors (Lipinski definition) is 4. The summed E-state index contributed by atoms with van der Waals surface area (Å²) in [6, 6.07) is 17.2. The molecule has 0 heterocycles. The normalized spacial score (nSPS) is 11.2. The first-order chi connectivity index (χ1) is 15.6. The van der Waals surface area contributed by atoms with E-state index in [1.54, 1.807) is 42.5 Å². The minimum Gasteiger partial charge on any atom is -0.492 e. The van der Waals surface area contributed by atoms with Crippen molar-refractivity contribution in [1.29, 1.82) is 0 Å². The lowest BCUT2D eigenvalue weighted by Gasteiger charge is -2.23. The minimum absolute atomic E-state index is 0.0875. The maximum atomic E-state index is 12.9. The molecule has 0 aliphatic heterocycles. The van der Waals surface area contributed by atoms with Gasteiger partial charge in [-0.2, -0.15) is 0 Å². The van der Waals surface area contributed by atoms with Crippen molar-refractivity contribution < 1.29 is 22.3 Å². The van der Waals surface area contributed by atoms with Crippen LogP contribution in [0.15, 0.2) is 71.2 Å². The van der Waals surface area contributed by atoms with E-state index in [1.165, 1.54) is 28.6 Å². The van der Waals surface area contributed by atoms with E-state index in [9.17, 15) is 17.6 Å². The highest BCUT2D eigenvalue weighted by molar-refractivity contribution is 9.10. The Balaban J connectivity index is 1.59. The van der Waals surface area contributed by atoms with E-state index in [2.05, 4.69) is 21.2 Å². The van der Waals surface area contributed by atoms with Gasteiger partial charge in [0, 0.05) is 10.0 Å². The largest absolute Gasteiger partial charge is 0.492 e. The van der Waals surface area contributed by atoms with Crippen molar-refractivity contribution in [3.05, 3.63) is 93.2 Å². The summed E-state index contributed by atoms with van der Waals surface area (Å²) in [5, 5.41) is 3.14. The Morgan fingerprint density at radius 1 is 1.09 bits per heavy atom. The molecular weight excluding hydrogens is 535 g/mol. The van der Waals surface area contributed by atoms with Gasteiger partial charge in [0.25, 0.3) is 5.91 Å². The highest BCUT2D eigenvalue weighted by atomic mass is 79.9. The Morgan fingerprint density at radius 2 is 1.76 bits per heavy atom. The van der Waals surface area contributed by atoms with E-state index in [0.29, 0.717) is 32.1 Å². The lowest BCUT2D eigenvalue weighted by Crippen LogP contribution is -2.29. The first-order valence-corrected chi connectivity index (χ1v) is 12.8. The van der Waals surface area contributed by atoms with E-state index >= 15 is 0 Å². The Bertz CT molecular complexity index is 1220. The Morgan fingerprint density at radius 3 is 2.36 bits per heavy atom. The number of amides is 1. The van der Waals surface area contributed by atoms with E-state index in [-0.39, 0.29) is 31.4 Å². The zero-order chi connectivity index (χ0) is 24.0. The number of hydrogen-bond donors (Lipinski definition) is 1. The molecule has 0 spiro atoms. The Hall–Kier alpha value is -2.62. The van der Waals surface area contributed by atoms with Crippen LogP contribution < -0.4 is 14.4 Å². The van der Waals surface area contributed by atoms with Crippen LogP contribution in [-0.4, -0.2) is 33.7 Å². The van der Waals surface area contributed by atoms with E-state index in [1.807, 2.05) is 0 Å². The molecular formula is C23H21BrClFN2O4S. The SMILES string of the molecule is CS(=O)(=O)N(Cc1ccc(C(=O)NCCOc2ccc(F)cc2)cc1)c1ccc(Br)c(Cl)c1. The first kappa shape index (κ1) is 25.0. The molecule has 3 aromatic rings. The number of benzene rings is 3. The number of nitrogens with one attached hydrogen (secondary N) is 1. The fourth-order valence-corrected chi connectivity index (χ4v) is 4.24. The van der Waals surface area contributed by atoms with E-state index in [0.717, 1.165) is 6.26 Å². The molecule has 33 heavy (non-hydrogen) atoms. The van der Waals surface area contributed by atoms with Crippen molar-refractivity contribution in [2.45, 2.75) is 6.54 Å². The van der Waals surface area contributed by atoms with Crippen LogP contribution >= 0.6 is 27.5 Å². The molecule has 0 aromatic heterocycles. The topological polar surface area (TPSA) is 75.7 Å². The van der Waals surface area contributed by atoms with Gasteiger partial charge in [-0.1, -0.05) is 23.7 Å².